The largest absolute Gasteiger partial charge is 0.316 e. The SMILES string of the molecule is CN1CCN(S(=O)(=O)CC2CCNC2)CC1. The summed E-state index contributed by atoms with van der Waals surface area (Å²) in [6.45, 7) is 4.82. The summed E-state index contributed by atoms with van der Waals surface area (Å²) in [6.07, 6.45) is 0.993. The standard InChI is InChI=1S/C10H21N3O2S/c1-12-4-6-13(7-5-12)16(14,15)9-10-2-3-11-8-10/h10-11H,2-9H2,1H3. The van der Waals surface area contributed by atoms with Gasteiger partial charge in [-0.15, -0.1) is 0 Å². The Kier molecular flexibility index (Phi) is 3.84. The lowest BCUT2D eigenvalue weighted by Crippen LogP contribution is -2.48. The number of hydrogen-bond acceptors (Lipinski definition) is 4. The molecule has 0 aromatic carbocycles. The average Bonchev–Trinajstić information content (AvgIpc) is 2.70. The van der Waals surface area contributed by atoms with Crippen molar-refractivity contribution in [1.82, 2.24) is 14.5 Å². The molecule has 0 bridgehead atoms. The highest BCUT2D eigenvalue weighted by Crippen LogP contribution is 2.15. The van der Waals surface area contributed by atoms with Gasteiger partial charge in [-0.3, -0.25) is 0 Å². The Morgan fingerprint density at radius 1 is 1.25 bits per heavy atom. The molecule has 0 aromatic rings. The van der Waals surface area contributed by atoms with E-state index in [-0.39, 0.29) is 0 Å². The fourth-order valence-electron chi connectivity index (χ4n) is 2.33. The molecule has 2 rings (SSSR count). The van der Waals surface area contributed by atoms with Crippen molar-refractivity contribution in [3.8, 4) is 0 Å². The topological polar surface area (TPSA) is 52.7 Å². The summed E-state index contributed by atoms with van der Waals surface area (Å²) in [6, 6.07) is 0. The number of hydrogen-bond donors (Lipinski definition) is 1. The van der Waals surface area contributed by atoms with Crippen molar-refractivity contribution in [1.29, 1.82) is 0 Å². The predicted octanol–water partition coefficient (Wildman–Crippen LogP) is -0.827. The maximum atomic E-state index is 12.1. The van der Waals surface area contributed by atoms with E-state index in [0.29, 0.717) is 24.8 Å². The Hall–Kier alpha value is -0.170. The minimum absolute atomic E-state index is 0.310. The number of likely N-dealkylation sites (N-methyl/N-ethyl adjacent to an activating group) is 1. The van der Waals surface area contributed by atoms with Crippen LogP contribution in [-0.4, -0.2) is 69.7 Å². The molecule has 5 nitrogen and oxygen atoms in total. The van der Waals surface area contributed by atoms with Gasteiger partial charge in [-0.05, 0) is 32.5 Å². The van der Waals surface area contributed by atoms with Crippen molar-refractivity contribution in [2.24, 2.45) is 5.92 Å². The minimum Gasteiger partial charge on any atom is -0.316 e. The second kappa shape index (κ2) is 5.00. The van der Waals surface area contributed by atoms with Crippen molar-refractivity contribution >= 4 is 10.0 Å². The molecule has 2 aliphatic heterocycles. The van der Waals surface area contributed by atoms with Crippen molar-refractivity contribution in [3.05, 3.63) is 0 Å². The normalized spacial score (nSPS) is 29.7. The lowest BCUT2D eigenvalue weighted by molar-refractivity contribution is 0.222. The van der Waals surface area contributed by atoms with Crippen LogP contribution >= 0.6 is 0 Å². The first-order valence-electron chi connectivity index (χ1n) is 5.95. The van der Waals surface area contributed by atoms with Gasteiger partial charge in [0.2, 0.25) is 10.0 Å². The Balaban J connectivity index is 1.90. The van der Waals surface area contributed by atoms with Crippen LogP contribution in [-0.2, 0) is 10.0 Å². The number of nitrogens with zero attached hydrogens (tertiary/aromatic N) is 2. The molecule has 0 aliphatic carbocycles. The van der Waals surface area contributed by atoms with E-state index in [2.05, 4.69) is 10.2 Å². The van der Waals surface area contributed by atoms with Crippen LogP contribution in [0, 0.1) is 5.92 Å². The third-order valence-corrected chi connectivity index (χ3v) is 5.51. The highest BCUT2D eigenvalue weighted by molar-refractivity contribution is 7.89. The van der Waals surface area contributed by atoms with Gasteiger partial charge >= 0.3 is 0 Å². The second-order valence-corrected chi connectivity index (χ2v) is 6.85. The molecule has 0 aromatic heterocycles. The predicted molar refractivity (Wildman–Crippen MR) is 63.8 cm³/mol. The molecule has 2 aliphatic rings. The van der Waals surface area contributed by atoms with E-state index in [1.54, 1.807) is 4.31 Å². The van der Waals surface area contributed by atoms with E-state index in [1.807, 2.05) is 7.05 Å². The Morgan fingerprint density at radius 3 is 2.50 bits per heavy atom. The monoisotopic (exact) mass is 247 g/mol. The zero-order chi connectivity index (χ0) is 11.6. The van der Waals surface area contributed by atoms with E-state index in [0.717, 1.165) is 32.6 Å². The summed E-state index contributed by atoms with van der Waals surface area (Å²) in [5, 5.41) is 3.21. The zero-order valence-electron chi connectivity index (χ0n) is 9.85. The van der Waals surface area contributed by atoms with Crippen molar-refractivity contribution in [2.75, 3.05) is 52.1 Å². The van der Waals surface area contributed by atoms with Crippen LogP contribution in [0.1, 0.15) is 6.42 Å². The molecular weight excluding hydrogens is 226 g/mol. The van der Waals surface area contributed by atoms with E-state index < -0.39 is 10.0 Å². The van der Waals surface area contributed by atoms with Crippen molar-refractivity contribution < 1.29 is 8.42 Å². The summed E-state index contributed by atoms with van der Waals surface area (Å²) in [5.74, 6) is 0.633. The van der Waals surface area contributed by atoms with Crippen LogP contribution < -0.4 is 5.32 Å². The molecule has 1 unspecified atom stereocenters. The van der Waals surface area contributed by atoms with Gasteiger partial charge in [-0.25, -0.2) is 8.42 Å². The van der Waals surface area contributed by atoms with E-state index in [1.165, 1.54) is 0 Å². The number of rotatable bonds is 3. The number of nitrogens with one attached hydrogen (secondary N) is 1. The minimum atomic E-state index is -3.02. The van der Waals surface area contributed by atoms with Gasteiger partial charge in [-0.2, -0.15) is 4.31 Å². The summed E-state index contributed by atoms with van der Waals surface area (Å²) < 4.78 is 25.9. The molecular formula is C10H21N3O2S. The van der Waals surface area contributed by atoms with Crippen LogP contribution in [0.3, 0.4) is 0 Å². The van der Waals surface area contributed by atoms with E-state index in [9.17, 15) is 8.42 Å². The highest BCUT2D eigenvalue weighted by atomic mass is 32.2. The molecule has 2 heterocycles. The molecule has 6 heteroatoms. The fourth-order valence-corrected chi connectivity index (χ4v) is 4.14. The first-order valence-corrected chi connectivity index (χ1v) is 7.56. The maximum absolute atomic E-state index is 12.1. The third-order valence-electron chi connectivity index (χ3n) is 3.46. The van der Waals surface area contributed by atoms with Crippen molar-refractivity contribution in [3.63, 3.8) is 0 Å². The van der Waals surface area contributed by atoms with Gasteiger partial charge < -0.3 is 10.2 Å². The molecule has 16 heavy (non-hydrogen) atoms. The van der Waals surface area contributed by atoms with Crippen LogP contribution in [0.25, 0.3) is 0 Å². The third kappa shape index (κ3) is 2.94. The van der Waals surface area contributed by atoms with Gasteiger partial charge in [0.15, 0.2) is 0 Å². The number of piperazine rings is 1. The Bertz CT molecular complexity index is 317. The maximum Gasteiger partial charge on any atom is 0.214 e. The van der Waals surface area contributed by atoms with Gasteiger partial charge in [0, 0.05) is 26.2 Å². The molecule has 0 amide bonds. The zero-order valence-corrected chi connectivity index (χ0v) is 10.7. The molecule has 2 saturated heterocycles. The summed E-state index contributed by atoms with van der Waals surface area (Å²) >= 11 is 0. The van der Waals surface area contributed by atoms with Gasteiger partial charge in [-0.1, -0.05) is 0 Å². The van der Waals surface area contributed by atoms with Crippen LogP contribution in [0.4, 0.5) is 0 Å². The Morgan fingerprint density at radius 2 is 1.94 bits per heavy atom. The summed E-state index contributed by atoms with van der Waals surface area (Å²) in [7, 11) is -0.991. The molecule has 0 spiro atoms. The highest BCUT2D eigenvalue weighted by Gasteiger charge is 2.29. The molecule has 1 atom stereocenters. The molecule has 0 radical (unpaired) electrons. The first-order chi connectivity index (χ1) is 7.58. The quantitative estimate of drug-likeness (QED) is 0.707. The van der Waals surface area contributed by atoms with Crippen LogP contribution in [0.5, 0.6) is 0 Å². The number of sulfonamides is 1. The molecule has 2 fully saturated rings. The van der Waals surface area contributed by atoms with Crippen molar-refractivity contribution in [2.45, 2.75) is 6.42 Å². The molecule has 94 valence electrons. The summed E-state index contributed by atoms with van der Waals surface area (Å²) in [4.78, 5) is 2.17. The molecule has 0 saturated carbocycles. The average molecular weight is 247 g/mol. The lowest BCUT2D eigenvalue weighted by Gasteiger charge is -2.32. The first kappa shape index (κ1) is 12.3. The second-order valence-electron chi connectivity index (χ2n) is 4.84. The van der Waals surface area contributed by atoms with E-state index >= 15 is 0 Å². The van der Waals surface area contributed by atoms with Gasteiger partial charge in [0.05, 0.1) is 5.75 Å². The smallest absolute Gasteiger partial charge is 0.214 e. The Labute approximate surface area is 97.8 Å². The van der Waals surface area contributed by atoms with E-state index in [4.69, 9.17) is 0 Å². The summed E-state index contributed by atoms with van der Waals surface area (Å²) in [5.41, 5.74) is 0. The fraction of sp³-hybridized carbons (Fsp3) is 1.00. The molecule has 1 N–H and O–H groups in total. The van der Waals surface area contributed by atoms with Gasteiger partial charge in [0.25, 0.3) is 0 Å². The van der Waals surface area contributed by atoms with Crippen LogP contribution in [0.2, 0.25) is 0 Å². The van der Waals surface area contributed by atoms with Crippen LogP contribution in [0.15, 0.2) is 0 Å². The lowest BCUT2D eigenvalue weighted by atomic mass is 10.2. The van der Waals surface area contributed by atoms with Gasteiger partial charge in [0.1, 0.15) is 0 Å².